The summed E-state index contributed by atoms with van der Waals surface area (Å²) in [5.41, 5.74) is 13.2. The number of amides is 1. The first-order chi connectivity index (χ1) is 12.6. The topological polar surface area (TPSA) is 105 Å². The Morgan fingerprint density at radius 1 is 1.00 bits per heavy atom. The minimum atomic E-state index is -0.292. The predicted molar refractivity (Wildman–Crippen MR) is 103 cm³/mol. The monoisotopic (exact) mass is 368 g/mol. The summed E-state index contributed by atoms with van der Waals surface area (Å²) in [6.07, 6.45) is 1.36. The second-order valence-electron chi connectivity index (χ2n) is 5.41. The van der Waals surface area contributed by atoms with Gasteiger partial charge < -0.3 is 11.1 Å². The molecule has 1 heterocycles. The second kappa shape index (κ2) is 8.17. The molecular formula is C18H17ClN6O. The smallest absolute Gasteiger partial charge is 0.269 e. The minimum absolute atomic E-state index is 0.292. The molecule has 0 bridgehead atoms. The highest BCUT2D eigenvalue weighted by Gasteiger charge is 2.10. The first-order valence-electron chi connectivity index (χ1n) is 7.83. The van der Waals surface area contributed by atoms with E-state index in [1.807, 2.05) is 30.3 Å². The first kappa shape index (κ1) is 17.5. The first-order valence-corrected chi connectivity index (χ1v) is 8.21. The molecule has 132 valence electrons. The molecule has 0 spiro atoms. The molecule has 0 radical (unpaired) electrons. The zero-order valence-corrected chi connectivity index (χ0v) is 14.5. The molecule has 0 aliphatic rings. The van der Waals surface area contributed by atoms with E-state index in [4.69, 9.17) is 17.3 Å². The number of hydrazine groups is 1. The highest BCUT2D eigenvalue weighted by molar-refractivity contribution is 6.30. The number of anilines is 3. The molecule has 0 aliphatic carbocycles. The van der Waals surface area contributed by atoms with Gasteiger partial charge in [0.2, 0.25) is 0 Å². The molecule has 0 fully saturated rings. The second-order valence-corrected chi connectivity index (χ2v) is 5.85. The molecule has 0 unspecified atom stereocenters. The van der Waals surface area contributed by atoms with E-state index in [-0.39, 0.29) is 5.91 Å². The van der Waals surface area contributed by atoms with Crippen molar-refractivity contribution in [3.05, 3.63) is 77.1 Å². The van der Waals surface area contributed by atoms with Crippen LogP contribution < -0.4 is 21.9 Å². The number of carbonyl (C=O) groups is 1. The summed E-state index contributed by atoms with van der Waals surface area (Å²) in [5, 5.41) is 3.81. The Morgan fingerprint density at radius 3 is 2.42 bits per heavy atom. The van der Waals surface area contributed by atoms with Gasteiger partial charge in [-0.1, -0.05) is 41.9 Å². The number of nitrogens with zero attached hydrogens (tertiary/aromatic N) is 2. The Morgan fingerprint density at radius 2 is 1.69 bits per heavy atom. The summed E-state index contributed by atoms with van der Waals surface area (Å²) < 4.78 is 0. The van der Waals surface area contributed by atoms with Gasteiger partial charge in [0, 0.05) is 17.1 Å². The summed E-state index contributed by atoms with van der Waals surface area (Å²) in [7, 11) is 0. The van der Waals surface area contributed by atoms with Gasteiger partial charge in [0.1, 0.15) is 12.0 Å². The molecule has 26 heavy (non-hydrogen) atoms. The normalized spacial score (nSPS) is 10.2. The van der Waals surface area contributed by atoms with Gasteiger partial charge in [0.05, 0.1) is 0 Å². The lowest BCUT2D eigenvalue weighted by molar-refractivity contribution is 0.0962. The number of nitrogens with two attached hydrogens (primary N) is 1. The van der Waals surface area contributed by atoms with E-state index in [1.165, 1.54) is 6.33 Å². The van der Waals surface area contributed by atoms with Crippen LogP contribution in [0.4, 0.5) is 17.3 Å². The molecule has 3 rings (SSSR count). The summed E-state index contributed by atoms with van der Waals surface area (Å²) >= 11 is 5.88. The minimum Gasteiger partial charge on any atom is -0.393 e. The van der Waals surface area contributed by atoms with Gasteiger partial charge >= 0.3 is 0 Å². The molecule has 2 aromatic carbocycles. The summed E-state index contributed by atoms with van der Waals surface area (Å²) in [6.45, 7) is 0.522. The van der Waals surface area contributed by atoms with E-state index in [0.717, 1.165) is 5.56 Å². The molecule has 0 saturated carbocycles. The molecule has 3 aromatic rings. The number of halogens is 1. The number of hydrogen-bond acceptors (Lipinski definition) is 6. The van der Waals surface area contributed by atoms with Crippen LogP contribution in [0.5, 0.6) is 0 Å². The SMILES string of the molecule is Nc1c(NCc2ccc(Cl)cc2)ncnc1NNC(=O)c1ccccc1. The summed E-state index contributed by atoms with van der Waals surface area (Å²) in [5.74, 6) is 0.480. The quantitative estimate of drug-likeness (QED) is 0.498. The van der Waals surface area contributed by atoms with Crippen LogP contribution in [-0.2, 0) is 6.54 Å². The number of nitrogen functional groups attached to an aromatic ring is 1. The molecular weight excluding hydrogens is 352 g/mol. The number of nitrogens with one attached hydrogen (secondary N) is 3. The average molecular weight is 369 g/mol. The van der Waals surface area contributed by atoms with E-state index in [1.54, 1.807) is 24.3 Å². The van der Waals surface area contributed by atoms with E-state index in [9.17, 15) is 4.79 Å². The van der Waals surface area contributed by atoms with Crippen molar-refractivity contribution in [1.29, 1.82) is 0 Å². The molecule has 0 atom stereocenters. The Hall–Kier alpha value is -3.32. The third kappa shape index (κ3) is 4.40. The fourth-order valence-electron chi connectivity index (χ4n) is 2.20. The number of rotatable bonds is 6. The van der Waals surface area contributed by atoms with Crippen molar-refractivity contribution in [2.45, 2.75) is 6.54 Å². The zero-order valence-electron chi connectivity index (χ0n) is 13.7. The molecule has 8 heteroatoms. The third-order valence-corrected chi connectivity index (χ3v) is 3.84. The van der Waals surface area contributed by atoms with E-state index >= 15 is 0 Å². The lowest BCUT2D eigenvalue weighted by atomic mass is 10.2. The third-order valence-electron chi connectivity index (χ3n) is 3.59. The van der Waals surface area contributed by atoms with Crippen molar-refractivity contribution >= 4 is 34.8 Å². The van der Waals surface area contributed by atoms with Gasteiger partial charge in [-0.05, 0) is 29.8 Å². The fourth-order valence-corrected chi connectivity index (χ4v) is 2.33. The number of benzene rings is 2. The van der Waals surface area contributed by atoms with Crippen molar-refractivity contribution in [2.24, 2.45) is 0 Å². The maximum absolute atomic E-state index is 12.1. The molecule has 1 amide bonds. The largest absolute Gasteiger partial charge is 0.393 e. The van der Waals surface area contributed by atoms with Gasteiger partial charge in [-0.2, -0.15) is 0 Å². The average Bonchev–Trinajstić information content (AvgIpc) is 2.68. The Balaban J connectivity index is 1.63. The van der Waals surface area contributed by atoms with Crippen molar-refractivity contribution in [2.75, 3.05) is 16.5 Å². The lowest BCUT2D eigenvalue weighted by Gasteiger charge is -2.13. The van der Waals surface area contributed by atoms with E-state index < -0.39 is 0 Å². The molecule has 0 aliphatic heterocycles. The van der Waals surface area contributed by atoms with E-state index in [2.05, 4.69) is 26.1 Å². The van der Waals surface area contributed by atoms with Gasteiger partial charge in [-0.3, -0.25) is 15.6 Å². The molecule has 1 aromatic heterocycles. The molecule has 0 saturated heterocycles. The van der Waals surface area contributed by atoms with Gasteiger partial charge in [-0.25, -0.2) is 9.97 Å². The summed E-state index contributed by atoms with van der Waals surface area (Å²) in [6, 6.07) is 16.3. The highest BCUT2D eigenvalue weighted by atomic mass is 35.5. The van der Waals surface area contributed by atoms with Crippen LogP contribution in [0.1, 0.15) is 15.9 Å². The highest BCUT2D eigenvalue weighted by Crippen LogP contribution is 2.22. The lowest BCUT2D eigenvalue weighted by Crippen LogP contribution is -2.30. The van der Waals surface area contributed by atoms with Crippen LogP contribution in [0.15, 0.2) is 60.9 Å². The van der Waals surface area contributed by atoms with Crippen LogP contribution in [0.2, 0.25) is 5.02 Å². The standard InChI is InChI=1S/C18H17ClN6O/c19-14-8-6-12(7-9-14)10-21-16-15(20)17(23-11-22-16)24-25-18(26)13-4-2-1-3-5-13/h1-9,11H,10,20H2,(H,25,26)(H2,21,22,23,24). The van der Waals surface area contributed by atoms with Gasteiger partial charge in [0.15, 0.2) is 11.6 Å². The Kier molecular flexibility index (Phi) is 5.50. The van der Waals surface area contributed by atoms with Crippen molar-refractivity contribution in [1.82, 2.24) is 15.4 Å². The Labute approximate surface area is 155 Å². The zero-order chi connectivity index (χ0) is 18.4. The van der Waals surface area contributed by atoms with E-state index in [0.29, 0.717) is 34.5 Å². The molecule has 5 N–H and O–H groups in total. The van der Waals surface area contributed by atoms with Gasteiger partial charge in [-0.15, -0.1) is 0 Å². The van der Waals surface area contributed by atoms with Crippen molar-refractivity contribution in [3.8, 4) is 0 Å². The van der Waals surface area contributed by atoms with Crippen LogP contribution in [0.25, 0.3) is 0 Å². The van der Waals surface area contributed by atoms with Gasteiger partial charge in [0.25, 0.3) is 5.91 Å². The number of carbonyl (C=O) groups excluding carboxylic acids is 1. The predicted octanol–water partition coefficient (Wildman–Crippen LogP) is 3.08. The summed E-state index contributed by atoms with van der Waals surface area (Å²) in [4.78, 5) is 20.3. The maximum atomic E-state index is 12.1. The fraction of sp³-hybridized carbons (Fsp3) is 0.0556. The van der Waals surface area contributed by atoms with Crippen LogP contribution in [0.3, 0.4) is 0 Å². The van der Waals surface area contributed by atoms with Crippen LogP contribution in [-0.4, -0.2) is 15.9 Å². The Bertz CT molecular complexity index is 886. The van der Waals surface area contributed by atoms with Crippen LogP contribution in [0, 0.1) is 0 Å². The van der Waals surface area contributed by atoms with Crippen molar-refractivity contribution in [3.63, 3.8) is 0 Å². The maximum Gasteiger partial charge on any atom is 0.269 e. The van der Waals surface area contributed by atoms with Crippen LogP contribution >= 0.6 is 11.6 Å². The van der Waals surface area contributed by atoms with Crippen molar-refractivity contribution < 1.29 is 4.79 Å². The number of aromatic nitrogens is 2. The number of hydrogen-bond donors (Lipinski definition) is 4. The molecule has 7 nitrogen and oxygen atoms in total.